The van der Waals surface area contributed by atoms with Gasteiger partial charge in [0.05, 0.1) is 48.3 Å². The third-order valence-corrected chi connectivity index (χ3v) is 12.5. The number of nitrogens with one attached hydrogen (secondary N) is 2. The molecular weight excluding hydrogens is 803 g/mol. The van der Waals surface area contributed by atoms with Gasteiger partial charge in [-0.3, -0.25) is 28.9 Å². The Kier molecular flexibility index (Phi) is 13.9. The van der Waals surface area contributed by atoms with Crippen molar-refractivity contribution in [1.29, 1.82) is 0 Å². The number of likely N-dealkylation sites (N-methyl/N-ethyl adjacent to an activating group) is 1. The molecule has 1 aliphatic carbocycles. The Balaban J connectivity index is 0.972. The fourth-order valence-corrected chi connectivity index (χ4v) is 8.62. The lowest BCUT2D eigenvalue weighted by atomic mass is 9.92. The first-order valence-corrected chi connectivity index (χ1v) is 22.8. The second-order valence-corrected chi connectivity index (χ2v) is 19.0. The Bertz CT molecular complexity index is 2470. The van der Waals surface area contributed by atoms with Gasteiger partial charge in [-0.2, -0.15) is 4.98 Å². The molecule has 1 aliphatic heterocycles. The number of anilines is 4. The number of ketones is 2. The van der Waals surface area contributed by atoms with Crippen molar-refractivity contribution in [2.24, 2.45) is 0 Å². The van der Waals surface area contributed by atoms with Gasteiger partial charge in [-0.25, -0.2) is 4.98 Å². The van der Waals surface area contributed by atoms with Crippen LogP contribution in [-0.4, -0.2) is 89.1 Å². The fourth-order valence-electron chi connectivity index (χ4n) is 7.33. The Morgan fingerprint density at radius 1 is 1.02 bits per heavy atom. The number of halogens is 1. The number of nitrogens with zero attached hydrogens (tertiary/aromatic N) is 4. The topological polar surface area (TPSA) is 168 Å². The molecule has 0 spiro atoms. The number of aromatic nitrogens is 2. The fraction of sp³-hybridized carbons (Fsp3) is 0.356. The normalized spacial score (nSPS) is 15.0. The van der Waals surface area contributed by atoms with Gasteiger partial charge in [-0.05, 0) is 93.5 Å². The van der Waals surface area contributed by atoms with E-state index in [1.807, 2.05) is 43.3 Å². The summed E-state index contributed by atoms with van der Waals surface area (Å²) >= 11 is 6.45. The maximum Gasteiger partial charge on any atom is 0.263 e. The number of hydrogen-bond acceptors (Lipinski definition) is 11. The monoisotopic (exact) mass is 850 g/mol. The summed E-state index contributed by atoms with van der Waals surface area (Å²) in [5, 5.41) is 7.43. The highest BCUT2D eigenvalue weighted by Gasteiger charge is 2.45. The standard InChI is InChI=1S/C45H48ClN6O7P/c1-28-24-35(49-45-47-27-33(46)42(50-45)48-34-17-11-12-18-39(34)60(4,5)58)38(59-3)25-30(28)22-23-51(2)40(55)19-10-8-6-7-9-14-29-15-13-16-32-41(29)44(57)52(43(32)56)36-21-20-31(53)26-37(36)54/h11-13,15-18,24-25,27,36H,6-8,10,19-23,26H2,1-5H3,(H2,47,48,49,50). The number of Topliss-reactive ketones (excluding diaryl/α,β-unsaturated/α-hetero) is 2. The molecule has 312 valence electrons. The summed E-state index contributed by atoms with van der Waals surface area (Å²) in [6.07, 6.45) is 5.36. The van der Waals surface area contributed by atoms with Gasteiger partial charge in [0, 0.05) is 43.7 Å². The molecule has 3 aromatic carbocycles. The highest BCUT2D eigenvalue weighted by molar-refractivity contribution is 7.70. The van der Waals surface area contributed by atoms with Crippen LogP contribution in [0.3, 0.4) is 0 Å². The van der Waals surface area contributed by atoms with E-state index in [0.717, 1.165) is 28.9 Å². The van der Waals surface area contributed by atoms with E-state index >= 15 is 0 Å². The first-order valence-electron chi connectivity index (χ1n) is 19.8. The van der Waals surface area contributed by atoms with E-state index in [-0.39, 0.29) is 48.0 Å². The molecule has 4 aromatic rings. The van der Waals surface area contributed by atoms with Crippen molar-refractivity contribution in [2.75, 3.05) is 44.7 Å². The van der Waals surface area contributed by atoms with Crippen molar-refractivity contribution in [3.63, 3.8) is 0 Å². The van der Waals surface area contributed by atoms with Gasteiger partial charge in [-0.15, -0.1) is 0 Å². The summed E-state index contributed by atoms with van der Waals surface area (Å²) < 4.78 is 18.6. The highest BCUT2D eigenvalue weighted by atomic mass is 35.5. The maximum absolute atomic E-state index is 13.3. The van der Waals surface area contributed by atoms with Gasteiger partial charge in [0.1, 0.15) is 23.7 Å². The van der Waals surface area contributed by atoms with Crippen LogP contribution in [0.4, 0.5) is 23.1 Å². The molecule has 6 rings (SSSR count). The van der Waals surface area contributed by atoms with Gasteiger partial charge in [0.15, 0.2) is 11.6 Å². The molecule has 2 N–H and O–H groups in total. The average molecular weight is 851 g/mol. The quantitative estimate of drug-likeness (QED) is 0.0400. The minimum absolute atomic E-state index is 0.0463. The zero-order valence-electron chi connectivity index (χ0n) is 34.4. The third kappa shape index (κ3) is 10.1. The Labute approximate surface area is 355 Å². The smallest absolute Gasteiger partial charge is 0.263 e. The van der Waals surface area contributed by atoms with Crippen LogP contribution in [0.15, 0.2) is 60.8 Å². The van der Waals surface area contributed by atoms with Crippen LogP contribution in [0.5, 0.6) is 5.75 Å². The van der Waals surface area contributed by atoms with Crippen LogP contribution in [-0.2, 0) is 25.4 Å². The van der Waals surface area contributed by atoms with Gasteiger partial charge in [-0.1, -0.05) is 48.1 Å². The number of unbranched alkanes of at least 4 members (excludes halogenated alkanes) is 3. The summed E-state index contributed by atoms with van der Waals surface area (Å²) in [7, 11) is 0.805. The van der Waals surface area contributed by atoms with Crippen molar-refractivity contribution in [3.8, 4) is 17.6 Å². The van der Waals surface area contributed by atoms with Crippen molar-refractivity contribution >= 4 is 76.5 Å². The zero-order chi connectivity index (χ0) is 43.1. The lowest BCUT2D eigenvalue weighted by Gasteiger charge is -2.27. The third-order valence-electron chi connectivity index (χ3n) is 10.6. The van der Waals surface area contributed by atoms with E-state index < -0.39 is 30.8 Å². The van der Waals surface area contributed by atoms with Crippen LogP contribution in [0.2, 0.25) is 5.02 Å². The number of carbonyl (C=O) groups is 5. The van der Waals surface area contributed by atoms with Crippen molar-refractivity contribution in [2.45, 2.75) is 70.8 Å². The summed E-state index contributed by atoms with van der Waals surface area (Å²) in [6.45, 7) is 5.93. The molecule has 0 radical (unpaired) electrons. The first kappa shape index (κ1) is 43.7. The number of imide groups is 1. The molecule has 1 aromatic heterocycles. The number of carbonyl (C=O) groups excluding carboxylic acids is 5. The van der Waals surface area contributed by atoms with Gasteiger partial charge >= 0.3 is 0 Å². The summed E-state index contributed by atoms with van der Waals surface area (Å²) in [4.78, 5) is 75.3. The van der Waals surface area contributed by atoms with Crippen LogP contribution >= 0.6 is 18.7 Å². The minimum Gasteiger partial charge on any atom is -0.495 e. The van der Waals surface area contributed by atoms with Crippen LogP contribution < -0.4 is 20.7 Å². The van der Waals surface area contributed by atoms with E-state index in [4.69, 9.17) is 16.3 Å². The Morgan fingerprint density at radius 3 is 2.55 bits per heavy atom. The SMILES string of the molecule is COc1cc(CCN(C)C(=O)CCCCCC#Cc2cccc3c2C(=O)N(C2CCC(=O)CC2=O)C3=O)c(C)cc1Nc1ncc(Cl)c(Nc2ccccc2P(C)(C)=O)n1. The molecule has 2 aliphatic rings. The number of hydrogen-bond donors (Lipinski definition) is 2. The molecule has 0 bridgehead atoms. The molecule has 3 amide bonds. The molecule has 13 nitrogen and oxygen atoms in total. The van der Waals surface area contributed by atoms with E-state index in [1.165, 1.54) is 6.20 Å². The van der Waals surface area contributed by atoms with Gasteiger partial charge in [0.25, 0.3) is 11.8 Å². The first-order chi connectivity index (χ1) is 28.7. The predicted molar refractivity (Wildman–Crippen MR) is 233 cm³/mol. The number of methoxy groups -OCH3 is 1. The lowest BCUT2D eigenvalue weighted by molar-refractivity contribution is -0.133. The highest BCUT2D eigenvalue weighted by Crippen LogP contribution is 2.39. The molecule has 2 heterocycles. The molecule has 0 saturated heterocycles. The molecule has 1 fully saturated rings. The number of para-hydroxylation sites is 1. The largest absolute Gasteiger partial charge is 0.495 e. The van der Waals surface area contributed by atoms with Crippen molar-refractivity contribution in [1.82, 2.24) is 19.8 Å². The molecule has 15 heteroatoms. The molecule has 1 unspecified atom stereocenters. The number of amides is 3. The lowest BCUT2D eigenvalue weighted by Crippen LogP contribution is -2.47. The van der Waals surface area contributed by atoms with E-state index in [1.54, 1.807) is 50.6 Å². The minimum atomic E-state index is -2.58. The number of fused-ring (bicyclic) bond motifs is 1. The second kappa shape index (κ2) is 19.0. The second-order valence-electron chi connectivity index (χ2n) is 15.4. The number of rotatable bonds is 15. The zero-order valence-corrected chi connectivity index (χ0v) is 36.0. The van der Waals surface area contributed by atoms with E-state index in [9.17, 15) is 28.5 Å². The number of benzene rings is 3. The van der Waals surface area contributed by atoms with Crippen molar-refractivity contribution in [3.05, 3.63) is 93.6 Å². The Hall–Kier alpha value is -5.83. The molecule has 60 heavy (non-hydrogen) atoms. The molecular formula is C45H48ClN6O7P. The van der Waals surface area contributed by atoms with Crippen molar-refractivity contribution < 1.29 is 33.3 Å². The summed E-state index contributed by atoms with van der Waals surface area (Å²) in [6, 6.07) is 15.2. The number of aryl methyl sites for hydroxylation is 1. The van der Waals surface area contributed by atoms with Crippen LogP contribution in [0.1, 0.15) is 88.8 Å². The Morgan fingerprint density at radius 2 is 1.80 bits per heavy atom. The van der Waals surface area contributed by atoms with E-state index in [2.05, 4.69) is 32.4 Å². The van der Waals surface area contributed by atoms with Gasteiger partial charge < -0.3 is 24.8 Å². The maximum atomic E-state index is 13.3. The van der Waals surface area contributed by atoms with Crippen LogP contribution in [0, 0.1) is 18.8 Å². The van der Waals surface area contributed by atoms with Crippen LogP contribution in [0.25, 0.3) is 0 Å². The predicted octanol–water partition coefficient (Wildman–Crippen LogP) is 7.47. The number of ether oxygens (including phenoxy) is 1. The summed E-state index contributed by atoms with van der Waals surface area (Å²) in [5.74, 6) is 5.75. The summed E-state index contributed by atoms with van der Waals surface area (Å²) in [5.41, 5.74) is 4.19. The van der Waals surface area contributed by atoms with Gasteiger partial charge in [0.2, 0.25) is 11.9 Å². The molecule has 1 saturated carbocycles. The van der Waals surface area contributed by atoms with E-state index in [0.29, 0.717) is 71.1 Å². The molecule has 1 atom stereocenters. The average Bonchev–Trinajstić information content (AvgIpc) is 3.46.